The van der Waals surface area contributed by atoms with Crippen LogP contribution in [-0.4, -0.2) is 6.61 Å². The van der Waals surface area contributed by atoms with Gasteiger partial charge < -0.3 is 10.5 Å². The summed E-state index contributed by atoms with van der Waals surface area (Å²) in [5.74, 6) is 0.126. The van der Waals surface area contributed by atoms with E-state index in [4.69, 9.17) is 10.5 Å². The van der Waals surface area contributed by atoms with Crippen LogP contribution in [0.4, 0.5) is 4.39 Å². The molecule has 0 radical (unpaired) electrons. The number of nitrogens with two attached hydrogens (primary N) is 1. The van der Waals surface area contributed by atoms with Crippen LogP contribution in [0.5, 0.6) is 5.75 Å². The van der Waals surface area contributed by atoms with Gasteiger partial charge in [0.05, 0.1) is 12.7 Å². The highest BCUT2D eigenvalue weighted by Crippen LogP contribution is 2.23. The van der Waals surface area contributed by atoms with Crippen molar-refractivity contribution in [2.24, 2.45) is 5.73 Å². The summed E-state index contributed by atoms with van der Waals surface area (Å²) < 4.78 is 18.7. The SMILES string of the molecule is Cc1ccc(F)cc1OCCC(N)(C#N)c1ccccc1. The molecular formula is C17H17FN2O. The summed E-state index contributed by atoms with van der Waals surface area (Å²) >= 11 is 0. The predicted octanol–water partition coefficient (Wildman–Crippen LogP) is 3.28. The molecule has 0 spiro atoms. The molecule has 108 valence electrons. The summed E-state index contributed by atoms with van der Waals surface area (Å²) in [6.07, 6.45) is 0.323. The van der Waals surface area contributed by atoms with Crippen LogP contribution < -0.4 is 10.5 Å². The first-order valence-electron chi connectivity index (χ1n) is 6.70. The molecule has 1 unspecified atom stereocenters. The van der Waals surface area contributed by atoms with Gasteiger partial charge in [-0.2, -0.15) is 5.26 Å². The van der Waals surface area contributed by atoms with Gasteiger partial charge in [-0.15, -0.1) is 0 Å². The summed E-state index contributed by atoms with van der Waals surface area (Å²) in [4.78, 5) is 0. The summed E-state index contributed by atoms with van der Waals surface area (Å²) in [5.41, 5.74) is 6.61. The van der Waals surface area contributed by atoms with Gasteiger partial charge in [0.25, 0.3) is 0 Å². The standard InChI is InChI=1S/C17H17FN2O/c1-13-7-8-15(18)11-16(13)21-10-9-17(20,12-19)14-5-3-2-4-6-14/h2-8,11H,9-10,20H2,1H3. The maximum Gasteiger partial charge on any atom is 0.133 e. The molecule has 0 aliphatic heterocycles. The Morgan fingerprint density at radius 3 is 2.62 bits per heavy atom. The van der Waals surface area contributed by atoms with Gasteiger partial charge in [0, 0.05) is 12.5 Å². The van der Waals surface area contributed by atoms with Gasteiger partial charge in [0.2, 0.25) is 0 Å². The quantitative estimate of drug-likeness (QED) is 0.916. The van der Waals surface area contributed by atoms with Crippen LogP contribution in [0.1, 0.15) is 17.5 Å². The van der Waals surface area contributed by atoms with Gasteiger partial charge in [-0.1, -0.05) is 36.4 Å². The Balaban J connectivity index is 2.05. The van der Waals surface area contributed by atoms with E-state index in [1.54, 1.807) is 6.07 Å². The number of benzene rings is 2. The zero-order valence-electron chi connectivity index (χ0n) is 11.8. The van der Waals surface area contributed by atoms with Crippen LogP contribution in [0.15, 0.2) is 48.5 Å². The van der Waals surface area contributed by atoms with Crippen molar-refractivity contribution in [3.8, 4) is 11.8 Å². The van der Waals surface area contributed by atoms with Crippen molar-refractivity contribution >= 4 is 0 Å². The van der Waals surface area contributed by atoms with Crippen LogP contribution >= 0.6 is 0 Å². The number of aryl methyl sites for hydroxylation is 1. The van der Waals surface area contributed by atoms with E-state index in [0.29, 0.717) is 12.2 Å². The van der Waals surface area contributed by atoms with E-state index in [-0.39, 0.29) is 12.4 Å². The molecule has 0 amide bonds. The molecule has 0 heterocycles. The van der Waals surface area contributed by atoms with Gasteiger partial charge in [-0.3, -0.25) is 0 Å². The van der Waals surface area contributed by atoms with Crippen molar-refractivity contribution < 1.29 is 9.13 Å². The van der Waals surface area contributed by atoms with E-state index in [1.165, 1.54) is 12.1 Å². The Morgan fingerprint density at radius 2 is 1.95 bits per heavy atom. The highest BCUT2D eigenvalue weighted by atomic mass is 19.1. The molecule has 1 atom stereocenters. The lowest BCUT2D eigenvalue weighted by Crippen LogP contribution is -2.36. The van der Waals surface area contributed by atoms with Gasteiger partial charge in [-0.05, 0) is 24.1 Å². The Kier molecular flexibility index (Phi) is 4.56. The minimum absolute atomic E-state index is 0.239. The second-order valence-corrected chi connectivity index (χ2v) is 4.96. The topological polar surface area (TPSA) is 59.0 Å². The van der Waals surface area contributed by atoms with E-state index < -0.39 is 5.54 Å². The normalized spacial score (nSPS) is 13.2. The molecule has 3 nitrogen and oxygen atoms in total. The number of hydrogen-bond donors (Lipinski definition) is 1. The van der Waals surface area contributed by atoms with Crippen LogP contribution in [0.25, 0.3) is 0 Å². The van der Waals surface area contributed by atoms with Gasteiger partial charge in [0.15, 0.2) is 0 Å². The van der Waals surface area contributed by atoms with E-state index in [1.807, 2.05) is 37.3 Å². The first-order chi connectivity index (χ1) is 10.0. The third-order valence-electron chi connectivity index (χ3n) is 3.39. The van der Waals surface area contributed by atoms with Crippen molar-refractivity contribution in [3.05, 3.63) is 65.5 Å². The Hall–Kier alpha value is -2.38. The van der Waals surface area contributed by atoms with Crippen LogP contribution in [0.3, 0.4) is 0 Å². The Morgan fingerprint density at radius 1 is 1.24 bits per heavy atom. The van der Waals surface area contributed by atoms with Gasteiger partial charge in [0.1, 0.15) is 17.1 Å². The van der Waals surface area contributed by atoms with Gasteiger partial charge in [-0.25, -0.2) is 4.39 Å². The molecule has 0 saturated heterocycles. The molecule has 0 bridgehead atoms. The van der Waals surface area contributed by atoms with E-state index in [9.17, 15) is 9.65 Å². The summed E-state index contributed by atoms with van der Waals surface area (Å²) in [6, 6.07) is 15.7. The van der Waals surface area contributed by atoms with Crippen molar-refractivity contribution in [1.82, 2.24) is 0 Å². The molecule has 2 rings (SSSR count). The summed E-state index contributed by atoms with van der Waals surface area (Å²) in [7, 11) is 0. The highest BCUT2D eigenvalue weighted by molar-refractivity contribution is 5.33. The van der Waals surface area contributed by atoms with Gasteiger partial charge >= 0.3 is 0 Å². The van der Waals surface area contributed by atoms with Crippen LogP contribution in [0, 0.1) is 24.1 Å². The first kappa shape index (κ1) is 15.0. The fraction of sp³-hybridized carbons (Fsp3) is 0.235. The number of nitrogens with zero attached hydrogens (tertiary/aromatic N) is 1. The molecule has 0 saturated carbocycles. The average molecular weight is 284 g/mol. The average Bonchev–Trinajstić information content (AvgIpc) is 2.51. The third-order valence-corrected chi connectivity index (χ3v) is 3.39. The lowest BCUT2D eigenvalue weighted by molar-refractivity contribution is 0.278. The molecule has 0 aliphatic carbocycles. The second-order valence-electron chi connectivity index (χ2n) is 4.96. The van der Waals surface area contributed by atoms with Crippen LogP contribution in [-0.2, 0) is 5.54 Å². The molecule has 4 heteroatoms. The maximum absolute atomic E-state index is 13.2. The largest absolute Gasteiger partial charge is 0.493 e. The maximum atomic E-state index is 13.2. The number of rotatable bonds is 5. The summed E-state index contributed by atoms with van der Waals surface area (Å²) in [6.45, 7) is 2.08. The number of halogens is 1. The predicted molar refractivity (Wildman–Crippen MR) is 79.2 cm³/mol. The molecule has 0 fully saturated rings. The number of nitriles is 1. The van der Waals surface area contributed by atoms with E-state index in [2.05, 4.69) is 6.07 Å². The smallest absolute Gasteiger partial charge is 0.133 e. The first-order valence-corrected chi connectivity index (χ1v) is 6.70. The Labute approximate surface area is 123 Å². The van der Waals surface area contributed by atoms with Crippen LogP contribution in [0.2, 0.25) is 0 Å². The zero-order valence-corrected chi connectivity index (χ0v) is 11.8. The fourth-order valence-electron chi connectivity index (χ4n) is 2.05. The molecule has 2 N–H and O–H groups in total. The minimum atomic E-state index is -1.11. The van der Waals surface area contributed by atoms with Crippen molar-refractivity contribution in [3.63, 3.8) is 0 Å². The number of ether oxygens (including phenoxy) is 1. The van der Waals surface area contributed by atoms with E-state index >= 15 is 0 Å². The molecule has 0 aliphatic rings. The van der Waals surface area contributed by atoms with Crippen molar-refractivity contribution in [2.75, 3.05) is 6.61 Å². The van der Waals surface area contributed by atoms with Crippen molar-refractivity contribution in [2.45, 2.75) is 18.9 Å². The molecule has 21 heavy (non-hydrogen) atoms. The third kappa shape index (κ3) is 3.59. The zero-order chi connectivity index (χ0) is 15.3. The highest BCUT2D eigenvalue weighted by Gasteiger charge is 2.26. The minimum Gasteiger partial charge on any atom is -0.493 e. The van der Waals surface area contributed by atoms with Crippen molar-refractivity contribution in [1.29, 1.82) is 5.26 Å². The molecule has 0 aromatic heterocycles. The lowest BCUT2D eigenvalue weighted by Gasteiger charge is -2.22. The number of hydrogen-bond acceptors (Lipinski definition) is 3. The molecule has 2 aromatic carbocycles. The Bertz CT molecular complexity index is 652. The molecular weight excluding hydrogens is 267 g/mol. The summed E-state index contributed by atoms with van der Waals surface area (Å²) in [5, 5.41) is 9.34. The van der Waals surface area contributed by atoms with E-state index in [0.717, 1.165) is 11.1 Å². The fourth-order valence-corrected chi connectivity index (χ4v) is 2.05. The second kappa shape index (κ2) is 6.38. The molecule has 2 aromatic rings. The lowest BCUT2D eigenvalue weighted by atomic mass is 9.89. The monoisotopic (exact) mass is 284 g/mol.